The summed E-state index contributed by atoms with van der Waals surface area (Å²) in [5.74, 6) is 0. The number of likely N-dealkylation sites (N-methyl/N-ethyl adjacent to an activating group) is 2. The van der Waals surface area contributed by atoms with Crippen molar-refractivity contribution in [1.29, 1.82) is 0 Å². The molecule has 4 atom stereocenters. The van der Waals surface area contributed by atoms with Gasteiger partial charge in [0.15, 0.2) is 0 Å². The standard InChI is InChI=1S/C34H74N2O2.2BrH/c1-7-11-13-15-17-21-25-33(37)31-35(5,27-9-3)29-23-19-20-24-30-36(6,28-10-4)32-34(38)26-22-18-16-14-12-8-2;;/h33-34,37-38H,7-32H2,1-6H3;2*1H/q+2;;/p-2. The topological polar surface area (TPSA) is 40.5 Å². The monoisotopic (exact) mass is 700 g/mol. The van der Waals surface area contributed by atoms with E-state index in [9.17, 15) is 10.2 Å². The second-order valence-corrected chi connectivity index (χ2v) is 13.3. The summed E-state index contributed by atoms with van der Waals surface area (Å²) in [6.45, 7) is 15.7. The molecule has 0 bridgehead atoms. The number of nitrogens with zero attached hydrogens (tertiary/aromatic N) is 2. The molecule has 4 nitrogen and oxygen atoms in total. The molecule has 0 aromatic heterocycles. The summed E-state index contributed by atoms with van der Waals surface area (Å²) >= 11 is 0. The number of hydrogen-bond acceptors (Lipinski definition) is 2. The molecule has 0 amide bonds. The highest BCUT2D eigenvalue weighted by molar-refractivity contribution is 4.59. The molecule has 0 aliphatic heterocycles. The van der Waals surface area contributed by atoms with Gasteiger partial charge in [-0.3, -0.25) is 0 Å². The minimum Gasteiger partial charge on any atom is -1.00 e. The first-order valence-corrected chi connectivity index (χ1v) is 17.3. The fourth-order valence-corrected chi connectivity index (χ4v) is 6.53. The van der Waals surface area contributed by atoms with E-state index in [1.54, 1.807) is 0 Å². The molecule has 0 heterocycles. The quantitative estimate of drug-likeness (QED) is 0.0931. The number of hydrogen-bond donors (Lipinski definition) is 2. The molecule has 246 valence electrons. The van der Waals surface area contributed by atoms with Crippen LogP contribution in [0.5, 0.6) is 0 Å². The van der Waals surface area contributed by atoms with Gasteiger partial charge in [-0.1, -0.05) is 105 Å². The van der Waals surface area contributed by atoms with Gasteiger partial charge in [-0.25, -0.2) is 0 Å². The van der Waals surface area contributed by atoms with Gasteiger partial charge in [0.25, 0.3) is 0 Å². The van der Waals surface area contributed by atoms with E-state index in [-0.39, 0.29) is 46.2 Å². The zero-order chi connectivity index (χ0) is 28.5. The van der Waals surface area contributed by atoms with Crippen LogP contribution in [0.15, 0.2) is 0 Å². The van der Waals surface area contributed by atoms with Gasteiger partial charge >= 0.3 is 0 Å². The minimum atomic E-state index is -0.146. The van der Waals surface area contributed by atoms with Gasteiger partial charge in [-0.2, -0.15) is 0 Å². The molecule has 40 heavy (non-hydrogen) atoms. The Kier molecular flexibility index (Phi) is 33.8. The van der Waals surface area contributed by atoms with Crippen LogP contribution in [-0.4, -0.2) is 84.8 Å². The van der Waals surface area contributed by atoms with Gasteiger partial charge < -0.3 is 53.1 Å². The molecule has 0 aliphatic rings. The van der Waals surface area contributed by atoms with Gasteiger partial charge in [-0.05, 0) is 51.4 Å². The first-order valence-electron chi connectivity index (χ1n) is 17.3. The fraction of sp³-hybridized carbons (Fsp3) is 1.00. The van der Waals surface area contributed by atoms with E-state index in [2.05, 4.69) is 41.8 Å². The molecule has 0 saturated carbocycles. The normalized spacial score (nSPS) is 15.9. The molecule has 0 aliphatic carbocycles. The summed E-state index contributed by atoms with van der Waals surface area (Å²) in [6.07, 6.45) is 24.7. The van der Waals surface area contributed by atoms with Crippen molar-refractivity contribution in [1.82, 2.24) is 0 Å². The highest BCUT2D eigenvalue weighted by Crippen LogP contribution is 2.17. The van der Waals surface area contributed by atoms with Crippen LogP contribution in [0.2, 0.25) is 0 Å². The maximum atomic E-state index is 10.7. The van der Waals surface area contributed by atoms with Crippen molar-refractivity contribution in [2.45, 2.75) is 168 Å². The van der Waals surface area contributed by atoms with Crippen molar-refractivity contribution < 1.29 is 53.1 Å². The van der Waals surface area contributed by atoms with Crippen LogP contribution in [0.1, 0.15) is 156 Å². The summed E-state index contributed by atoms with van der Waals surface area (Å²) in [4.78, 5) is 0. The zero-order valence-electron chi connectivity index (χ0n) is 28.1. The molecule has 0 rings (SSSR count). The highest BCUT2D eigenvalue weighted by atomic mass is 79.9. The van der Waals surface area contributed by atoms with Crippen LogP contribution in [-0.2, 0) is 0 Å². The number of aliphatic hydroxyl groups is 2. The Morgan fingerprint density at radius 3 is 1.02 bits per heavy atom. The lowest BCUT2D eigenvalue weighted by Crippen LogP contribution is -3.00. The molecule has 0 radical (unpaired) electrons. The predicted octanol–water partition coefficient (Wildman–Crippen LogP) is 2.49. The first-order chi connectivity index (χ1) is 18.2. The summed E-state index contributed by atoms with van der Waals surface area (Å²) in [6, 6.07) is 0. The third kappa shape index (κ3) is 26.4. The minimum absolute atomic E-state index is 0. The number of aliphatic hydroxyl groups excluding tert-OH is 2. The Morgan fingerprint density at radius 2 is 0.700 bits per heavy atom. The van der Waals surface area contributed by atoms with E-state index in [0.29, 0.717) is 0 Å². The Morgan fingerprint density at radius 1 is 0.400 bits per heavy atom. The smallest absolute Gasteiger partial charge is 0.105 e. The van der Waals surface area contributed by atoms with Gasteiger partial charge in [-0.15, -0.1) is 0 Å². The summed E-state index contributed by atoms with van der Waals surface area (Å²) < 4.78 is 2.06. The third-order valence-corrected chi connectivity index (χ3v) is 8.76. The molecular formula is C34H74Br2N2O2. The molecule has 4 unspecified atom stereocenters. The Balaban J connectivity index is -0.00000684. The predicted molar refractivity (Wildman–Crippen MR) is 169 cm³/mol. The molecule has 0 aromatic rings. The van der Waals surface area contributed by atoms with Crippen LogP contribution in [0, 0.1) is 0 Å². The van der Waals surface area contributed by atoms with Crippen molar-refractivity contribution in [3.63, 3.8) is 0 Å². The Labute approximate surface area is 273 Å². The lowest BCUT2D eigenvalue weighted by Gasteiger charge is -2.37. The van der Waals surface area contributed by atoms with Crippen molar-refractivity contribution >= 4 is 0 Å². The van der Waals surface area contributed by atoms with Crippen molar-refractivity contribution in [2.75, 3.05) is 53.4 Å². The van der Waals surface area contributed by atoms with Crippen LogP contribution >= 0.6 is 0 Å². The second-order valence-electron chi connectivity index (χ2n) is 13.3. The number of rotatable bonds is 29. The van der Waals surface area contributed by atoms with Gasteiger partial charge in [0.1, 0.15) is 25.3 Å². The number of halogens is 2. The van der Waals surface area contributed by atoms with Crippen molar-refractivity contribution in [2.24, 2.45) is 0 Å². The summed E-state index contributed by atoms with van der Waals surface area (Å²) in [5, 5.41) is 21.5. The van der Waals surface area contributed by atoms with E-state index in [0.717, 1.165) is 34.9 Å². The Hall–Kier alpha value is 0.800. The summed E-state index contributed by atoms with van der Waals surface area (Å²) in [7, 11) is 4.74. The molecule has 0 aromatic carbocycles. The van der Waals surface area contributed by atoms with Gasteiger partial charge in [0.2, 0.25) is 0 Å². The second kappa shape index (κ2) is 29.9. The fourth-order valence-electron chi connectivity index (χ4n) is 6.53. The molecule has 0 saturated heterocycles. The zero-order valence-corrected chi connectivity index (χ0v) is 31.3. The average molecular weight is 703 g/mol. The maximum absolute atomic E-state index is 10.7. The summed E-state index contributed by atoms with van der Waals surface area (Å²) in [5.41, 5.74) is 0. The largest absolute Gasteiger partial charge is 1.00 e. The van der Waals surface area contributed by atoms with Gasteiger partial charge in [0.05, 0.1) is 40.3 Å². The molecule has 2 N–H and O–H groups in total. The van der Waals surface area contributed by atoms with E-state index in [1.165, 1.54) is 142 Å². The molecular weight excluding hydrogens is 628 g/mol. The highest BCUT2D eigenvalue weighted by Gasteiger charge is 2.26. The average Bonchev–Trinajstić information content (AvgIpc) is 2.85. The lowest BCUT2D eigenvalue weighted by atomic mass is 10.1. The molecule has 0 spiro atoms. The van der Waals surface area contributed by atoms with Crippen LogP contribution in [0.4, 0.5) is 0 Å². The molecule has 6 heteroatoms. The molecule has 0 fully saturated rings. The van der Waals surface area contributed by atoms with Crippen LogP contribution in [0.3, 0.4) is 0 Å². The first kappa shape index (κ1) is 45.2. The number of unbranched alkanes of at least 4 members (excludes halogenated alkanes) is 13. The third-order valence-electron chi connectivity index (χ3n) is 8.76. The lowest BCUT2D eigenvalue weighted by molar-refractivity contribution is -0.913. The Bertz CT molecular complexity index is 470. The van der Waals surface area contributed by atoms with Crippen molar-refractivity contribution in [3.05, 3.63) is 0 Å². The van der Waals surface area contributed by atoms with Crippen LogP contribution in [0.25, 0.3) is 0 Å². The van der Waals surface area contributed by atoms with E-state index >= 15 is 0 Å². The number of quaternary nitrogens is 2. The van der Waals surface area contributed by atoms with Crippen molar-refractivity contribution in [3.8, 4) is 0 Å². The van der Waals surface area contributed by atoms with E-state index in [1.807, 2.05) is 0 Å². The van der Waals surface area contributed by atoms with Crippen LogP contribution < -0.4 is 34.0 Å². The maximum Gasteiger partial charge on any atom is 0.105 e. The SMILES string of the molecule is CCCCCCCCC(O)C[N+](C)(CCC)CCCCCC[N+](C)(CCC)CC(O)CCCCCCCC.[Br-].[Br-]. The van der Waals surface area contributed by atoms with E-state index < -0.39 is 0 Å². The van der Waals surface area contributed by atoms with Gasteiger partial charge in [0, 0.05) is 0 Å². The van der Waals surface area contributed by atoms with E-state index in [4.69, 9.17) is 0 Å².